The molecule has 0 spiro atoms. The lowest BCUT2D eigenvalue weighted by Gasteiger charge is -2.44. The normalized spacial score (nSPS) is 36.0. The molecule has 0 aromatic rings. The molecule has 3 saturated carbocycles. The minimum absolute atomic E-state index is 0.0641. The van der Waals surface area contributed by atoms with Gasteiger partial charge in [0.25, 0.3) is 0 Å². The molecule has 0 saturated heterocycles. The van der Waals surface area contributed by atoms with Crippen molar-refractivity contribution < 1.29 is 38.0 Å². The third-order valence-corrected chi connectivity index (χ3v) is 8.42. The van der Waals surface area contributed by atoms with Crippen LogP contribution in [0.5, 0.6) is 0 Å². The third-order valence-electron chi connectivity index (χ3n) is 8.42. The molecule has 0 heterocycles. The summed E-state index contributed by atoms with van der Waals surface area (Å²) in [5.41, 5.74) is -0.580. The van der Waals surface area contributed by atoms with Gasteiger partial charge in [-0.3, -0.25) is 4.79 Å². The maximum atomic E-state index is 12.8. The quantitative estimate of drug-likeness (QED) is 0.459. The molecular formula is C26H39F3O5. The molecule has 194 valence electrons. The number of alkyl halides is 3. The topological polar surface area (TPSA) is 87.0 Å². The van der Waals surface area contributed by atoms with E-state index in [2.05, 4.69) is 19.1 Å². The van der Waals surface area contributed by atoms with Gasteiger partial charge < -0.3 is 20.1 Å². The van der Waals surface area contributed by atoms with Crippen molar-refractivity contribution in [2.45, 2.75) is 115 Å². The van der Waals surface area contributed by atoms with Gasteiger partial charge in [0.2, 0.25) is 0 Å². The Morgan fingerprint density at radius 2 is 1.85 bits per heavy atom. The van der Waals surface area contributed by atoms with E-state index in [1.165, 1.54) is 5.57 Å². The highest BCUT2D eigenvalue weighted by Gasteiger charge is 2.52. The molecule has 0 aliphatic heterocycles. The zero-order valence-electron chi connectivity index (χ0n) is 20.4. The van der Waals surface area contributed by atoms with E-state index in [1.54, 1.807) is 0 Å². The van der Waals surface area contributed by atoms with Crippen LogP contribution < -0.4 is 0 Å². The number of hydrogen-bond acceptors (Lipinski definition) is 5. The molecule has 3 aliphatic carbocycles. The van der Waals surface area contributed by atoms with Crippen LogP contribution in [0.4, 0.5) is 13.2 Å². The van der Waals surface area contributed by atoms with Gasteiger partial charge >= 0.3 is 12.1 Å². The molecule has 8 heteroatoms. The van der Waals surface area contributed by atoms with Crippen LogP contribution in [-0.2, 0) is 9.53 Å². The van der Waals surface area contributed by atoms with Gasteiger partial charge in [-0.15, -0.1) is 0 Å². The van der Waals surface area contributed by atoms with Gasteiger partial charge in [-0.1, -0.05) is 30.2 Å². The van der Waals surface area contributed by atoms with Crippen molar-refractivity contribution in [3.8, 4) is 0 Å². The van der Waals surface area contributed by atoms with Crippen LogP contribution in [0.2, 0.25) is 0 Å². The molecule has 0 aromatic carbocycles. The van der Waals surface area contributed by atoms with Crippen molar-refractivity contribution in [2.24, 2.45) is 17.3 Å². The highest BCUT2D eigenvalue weighted by Crippen LogP contribution is 2.58. The number of carbonyl (C=O) groups is 1. The highest BCUT2D eigenvalue weighted by molar-refractivity contribution is 5.69. The summed E-state index contributed by atoms with van der Waals surface area (Å²) >= 11 is 0. The Hall–Kier alpha value is -1.38. The number of ether oxygens (including phenoxy) is 1. The number of fused-ring (bicyclic) bond motifs is 1. The van der Waals surface area contributed by atoms with Crippen molar-refractivity contribution in [1.29, 1.82) is 0 Å². The summed E-state index contributed by atoms with van der Waals surface area (Å²) < 4.78 is 44.1. The first-order chi connectivity index (χ1) is 15.7. The Labute approximate surface area is 200 Å². The summed E-state index contributed by atoms with van der Waals surface area (Å²) in [5, 5.41) is 29.4. The van der Waals surface area contributed by atoms with E-state index in [-0.39, 0.29) is 11.3 Å². The fourth-order valence-electron chi connectivity index (χ4n) is 6.42. The van der Waals surface area contributed by atoms with Crippen molar-refractivity contribution in [1.82, 2.24) is 0 Å². The van der Waals surface area contributed by atoms with Crippen LogP contribution in [0.3, 0.4) is 0 Å². The molecule has 5 nitrogen and oxygen atoms in total. The van der Waals surface area contributed by atoms with E-state index in [0.29, 0.717) is 32.1 Å². The van der Waals surface area contributed by atoms with Crippen molar-refractivity contribution in [3.05, 3.63) is 23.3 Å². The lowest BCUT2D eigenvalue weighted by Crippen LogP contribution is -2.43. The number of allylic oxidation sites excluding steroid dienone is 3. The Bertz CT molecular complexity index is 791. The number of esters is 1. The van der Waals surface area contributed by atoms with Gasteiger partial charge in [0, 0.05) is 12.3 Å². The number of rotatable bonds is 6. The average Bonchev–Trinajstić information content (AvgIpc) is 3.07. The van der Waals surface area contributed by atoms with Gasteiger partial charge in [-0.25, -0.2) is 0 Å². The lowest BCUT2D eigenvalue weighted by molar-refractivity contribution is -0.255. The molecule has 3 N–H and O–H groups in total. The molecule has 3 fully saturated rings. The zero-order chi connectivity index (χ0) is 25.3. The van der Waals surface area contributed by atoms with Crippen LogP contribution >= 0.6 is 0 Å². The van der Waals surface area contributed by atoms with Gasteiger partial charge in [-0.2, -0.15) is 13.2 Å². The Morgan fingerprint density at radius 3 is 2.47 bits per heavy atom. The smallest absolute Gasteiger partial charge is 0.416 e. The lowest BCUT2D eigenvalue weighted by atomic mass is 9.62. The highest BCUT2D eigenvalue weighted by atomic mass is 19.4. The summed E-state index contributed by atoms with van der Waals surface area (Å²) in [6, 6.07) is 0. The minimum Gasteiger partial charge on any atom is -0.462 e. The standard InChI is InChI=1S/C26H39F3O5/c1-16(34-23(32)10-12-25(3,33)26(27,28)29)21-8-9-22-18(5-4-11-24(21,22)2)7-6-17-13-19(30)15-20(31)14-17/h6-7,16,19-22,30-31,33H,4-5,8-15H2,1-3H3/b18-7+/t16-,19+,20+,21+,22-,24+,25+/m0/s1. The van der Waals surface area contributed by atoms with E-state index < -0.39 is 48.9 Å². The summed E-state index contributed by atoms with van der Waals surface area (Å²) in [6.07, 6.45) is 3.20. The molecule has 0 amide bonds. The molecular weight excluding hydrogens is 449 g/mol. The van der Waals surface area contributed by atoms with Crippen LogP contribution in [-0.4, -0.2) is 51.4 Å². The maximum Gasteiger partial charge on any atom is 0.416 e. The summed E-state index contributed by atoms with van der Waals surface area (Å²) in [7, 11) is 0. The molecule has 0 aromatic heterocycles. The van der Waals surface area contributed by atoms with E-state index in [9.17, 15) is 33.3 Å². The van der Waals surface area contributed by atoms with Crippen LogP contribution in [0.1, 0.15) is 85.0 Å². The first-order valence-corrected chi connectivity index (χ1v) is 12.5. The number of carbonyl (C=O) groups excluding carboxylic acids is 1. The SMILES string of the molecule is C[C@H](OC(=O)CC[C@@](C)(O)C(F)(F)F)[C@H]1CC[C@H]2/C(=C/C=C3C[C@@H](O)C[C@H](O)C3)CCC[C@]12C. The second-order valence-corrected chi connectivity index (χ2v) is 11.1. The van der Waals surface area contributed by atoms with Gasteiger partial charge in [0.05, 0.1) is 12.2 Å². The predicted octanol–water partition coefficient (Wildman–Crippen LogP) is 4.99. The zero-order valence-corrected chi connectivity index (χ0v) is 20.4. The minimum atomic E-state index is -4.79. The second-order valence-electron chi connectivity index (χ2n) is 11.1. The van der Waals surface area contributed by atoms with Gasteiger partial charge in [0.1, 0.15) is 6.10 Å². The molecule has 0 unspecified atom stereocenters. The molecule has 7 atom stereocenters. The van der Waals surface area contributed by atoms with Crippen molar-refractivity contribution in [3.63, 3.8) is 0 Å². The molecule has 34 heavy (non-hydrogen) atoms. The number of halogens is 3. The number of aliphatic hydroxyl groups is 3. The maximum absolute atomic E-state index is 12.8. The van der Waals surface area contributed by atoms with Crippen LogP contribution in [0, 0.1) is 17.3 Å². The summed E-state index contributed by atoms with van der Waals surface area (Å²) in [6.45, 7) is 4.72. The fraction of sp³-hybridized carbons (Fsp3) is 0.808. The molecule has 0 bridgehead atoms. The molecule has 3 rings (SSSR count). The number of hydrogen-bond donors (Lipinski definition) is 3. The van der Waals surface area contributed by atoms with Crippen molar-refractivity contribution >= 4 is 5.97 Å². The fourth-order valence-corrected chi connectivity index (χ4v) is 6.42. The van der Waals surface area contributed by atoms with E-state index in [1.807, 2.05) is 6.92 Å². The van der Waals surface area contributed by atoms with Crippen molar-refractivity contribution in [2.75, 3.05) is 0 Å². The Kier molecular flexibility index (Phi) is 8.25. The van der Waals surface area contributed by atoms with E-state index in [4.69, 9.17) is 4.74 Å². The molecule has 3 aliphatic rings. The summed E-state index contributed by atoms with van der Waals surface area (Å²) in [4.78, 5) is 12.3. The van der Waals surface area contributed by atoms with E-state index >= 15 is 0 Å². The largest absolute Gasteiger partial charge is 0.462 e. The Balaban J connectivity index is 1.63. The number of aliphatic hydroxyl groups excluding tert-OH is 2. The molecule has 0 radical (unpaired) electrons. The summed E-state index contributed by atoms with van der Waals surface area (Å²) in [5.74, 6) is -0.261. The van der Waals surface area contributed by atoms with Crippen LogP contribution in [0.15, 0.2) is 23.3 Å². The monoisotopic (exact) mass is 488 g/mol. The van der Waals surface area contributed by atoms with Gasteiger partial charge in [0.15, 0.2) is 5.60 Å². The van der Waals surface area contributed by atoms with Gasteiger partial charge in [-0.05, 0) is 83.0 Å². The third kappa shape index (κ3) is 6.05. The first kappa shape index (κ1) is 27.2. The van der Waals surface area contributed by atoms with Crippen LogP contribution in [0.25, 0.3) is 0 Å². The Morgan fingerprint density at radius 1 is 1.21 bits per heavy atom. The predicted molar refractivity (Wildman–Crippen MR) is 122 cm³/mol. The second kappa shape index (κ2) is 10.3. The average molecular weight is 489 g/mol. The van der Waals surface area contributed by atoms with E-state index in [0.717, 1.165) is 37.7 Å². The first-order valence-electron chi connectivity index (χ1n) is 12.5.